The van der Waals surface area contributed by atoms with E-state index in [9.17, 15) is 9.59 Å². The highest BCUT2D eigenvalue weighted by Gasteiger charge is 2.26. The second kappa shape index (κ2) is 10.8. The minimum atomic E-state index is 0.0600. The lowest BCUT2D eigenvalue weighted by atomic mass is 10.0. The smallest absolute Gasteiger partial charge is 0.264 e. The Morgan fingerprint density at radius 1 is 1.00 bits per heavy atom. The van der Waals surface area contributed by atoms with Crippen LogP contribution in [-0.4, -0.2) is 72.9 Å². The van der Waals surface area contributed by atoms with E-state index in [1.54, 1.807) is 0 Å². The van der Waals surface area contributed by atoms with E-state index in [0.717, 1.165) is 28.0 Å². The van der Waals surface area contributed by atoms with E-state index in [-0.39, 0.29) is 11.8 Å². The molecule has 0 atom stereocenters. The van der Waals surface area contributed by atoms with Gasteiger partial charge in [0.05, 0.1) is 18.0 Å². The molecule has 0 bridgehead atoms. The maximum atomic E-state index is 13.0. The lowest BCUT2D eigenvalue weighted by Gasteiger charge is -2.35. The van der Waals surface area contributed by atoms with Crippen molar-refractivity contribution in [1.82, 2.24) is 14.7 Å². The number of fused-ring (bicyclic) bond motifs is 1. The molecule has 2 heterocycles. The summed E-state index contributed by atoms with van der Waals surface area (Å²) < 4.78 is 6.02. The molecule has 1 aliphatic rings. The van der Waals surface area contributed by atoms with Crippen LogP contribution in [0.4, 0.5) is 0 Å². The van der Waals surface area contributed by atoms with Crippen LogP contribution in [0.1, 0.15) is 28.6 Å². The van der Waals surface area contributed by atoms with Crippen LogP contribution < -0.4 is 4.74 Å². The first-order valence-electron chi connectivity index (χ1n) is 11.5. The van der Waals surface area contributed by atoms with E-state index >= 15 is 0 Å². The Bertz CT molecular complexity index is 1090. The molecule has 1 aromatic heterocycles. The third kappa shape index (κ3) is 5.54. The molecule has 3 aromatic rings. The number of rotatable bonds is 8. The second-order valence-electron chi connectivity index (χ2n) is 8.43. The van der Waals surface area contributed by atoms with Gasteiger partial charge < -0.3 is 14.5 Å². The normalized spacial score (nSPS) is 14.2. The Balaban J connectivity index is 1.37. The molecular formula is C26H31N3O3S. The van der Waals surface area contributed by atoms with E-state index in [0.29, 0.717) is 45.9 Å². The lowest BCUT2D eigenvalue weighted by Crippen LogP contribution is -2.52. The number of amides is 2. The molecule has 174 valence electrons. The van der Waals surface area contributed by atoms with Crippen LogP contribution >= 0.6 is 11.3 Å². The van der Waals surface area contributed by atoms with E-state index in [2.05, 4.69) is 25.1 Å². The summed E-state index contributed by atoms with van der Waals surface area (Å²) in [7, 11) is 1.97. The highest BCUT2D eigenvalue weighted by molar-refractivity contribution is 7.12. The molecule has 0 aliphatic carbocycles. The van der Waals surface area contributed by atoms with Crippen LogP contribution in [0.15, 0.2) is 53.9 Å². The molecule has 1 aliphatic heterocycles. The van der Waals surface area contributed by atoms with Crippen LogP contribution in [0.3, 0.4) is 0 Å². The first kappa shape index (κ1) is 23.3. The van der Waals surface area contributed by atoms with Gasteiger partial charge in [-0.3, -0.25) is 14.5 Å². The van der Waals surface area contributed by atoms with Gasteiger partial charge in [-0.15, -0.1) is 11.3 Å². The largest absolute Gasteiger partial charge is 0.493 e. The summed E-state index contributed by atoms with van der Waals surface area (Å²) in [6.07, 6.45) is 0.946. The highest BCUT2D eigenvalue weighted by Crippen LogP contribution is 2.29. The summed E-state index contributed by atoms with van der Waals surface area (Å²) in [5.41, 5.74) is 1.11. The van der Waals surface area contributed by atoms with Crippen LogP contribution in [0.25, 0.3) is 10.8 Å². The van der Waals surface area contributed by atoms with Gasteiger partial charge in [-0.2, -0.15) is 0 Å². The van der Waals surface area contributed by atoms with Crippen molar-refractivity contribution in [2.24, 2.45) is 0 Å². The summed E-state index contributed by atoms with van der Waals surface area (Å²) >= 11 is 1.46. The Morgan fingerprint density at radius 2 is 1.76 bits per heavy atom. The number of likely N-dealkylation sites (N-methyl/N-ethyl adjacent to an activating group) is 1. The molecule has 7 heteroatoms. The van der Waals surface area contributed by atoms with Crippen molar-refractivity contribution in [1.29, 1.82) is 0 Å². The standard InChI is InChI=1S/C26H31N3O3S/c1-3-16-32-23-11-10-20-7-4-5-8-21(20)22(23)18-27(2)19-25(30)28-12-14-29(15-13-28)26(31)24-9-6-17-33-24/h4-11,17H,3,12-16,18-19H2,1-2H3. The maximum absolute atomic E-state index is 13.0. The predicted molar refractivity (Wildman–Crippen MR) is 133 cm³/mol. The van der Waals surface area contributed by atoms with Gasteiger partial charge in [0.1, 0.15) is 5.75 Å². The first-order valence-corrected chi connectivity index (χ1v) is 12.4. The molecule has 1 fully saturated rings. The van der Waals surface area contributed by atoms with Crippen molar-refractivity contribution in [3.63, 3.8) is 0 Å². The van der Waals surface area contributed by atoms with E-state index in [4.69, 9.17) is 4.74 Å². The fourth-order valence-corrected chi connectivity index (χ4v) is 4.89. The van der Waals surface area contributed by atoms with Crippen molar-refractivity contribution in [3.8, 4) is 5.75 Å². The Morgan fingerprint density at radius 3 is 2.48 bits per heavy atom. The number of hydrogen-bond acceptors (Lipinski definition) is 5. The van der Waals surface area contributed by atoms with Crippen LogP contribution in [0.2, 0.25) is 0 Å². The average Bonchev–Trinajstić information content (AvgIpc) is 3.38. The first-order chi connectivity index (χ1) is 16.1. The second-order valence-corrected chi connectivity index (χ2v) is 9.38. The Hall–Kier alpha value is -2.90. The number of thiophene rings is 1. The third-order valence-electron chi connectivity index (χ3n) is 5.94. The van der Waals surface area contributed by atoms with Crippen LogP contribution in [-0.2, 0) is 11.3 Å². The molecule has 0 unspecified atom stereocenters. The average molecular weight is 466 g/mol. The molecule has 2 aromatic carbocycles. The highest BCUT2D eigenvalue weighted by atomic mass is 32.1. The van der Waals surface area contributed by atoms with Crippen LogP contribution in [0, 0.1) is 0 Å². The molecular weight excluding hydrogens is 434 g/mol. The quantitative estimate of drug-likeness (QED) is 0.503. The minimum absolute atomic E-state index is 0.0600. The number of nitrogens with zero attached hydrogens (tertiary/aromatic N) is 3. The van der Waals surface area contributed by atoms with Gasteiger partial charge in [0, 0.05) is 38.3 Å². The number of piperazine rings is 1. The van der Waals surface area contributed by atoms with Crippen molar-refractivity contribution >= 4 is 33.9 Å². The molecule has 0 radical (unpaired) electrons. The van der Waals surface area contributed by atoms with Crippen molar-refractivity contribution in [2.45, 2.75) is 19.9 Å². The van der Waals surface area contributed by atoms with E-state index in [1.165, 1.54) is 16.7 Å². The zero-order chi connectivity index (χ0) is 23.2. The lowest BCUT2D eigenvalue weighted by molar-refractivity contribution is -0.133. The number of ether oxygens (including phenoxy) is 1. The van der Waals surface area contributed by atoms with E-state index in [1.807, 2.05) is 57.5 Å². The van der Waals surface area contributed by atoms with Gasteiger partial charge in [-0.25, -0.2) is 0 Å². The number of carbonyl (C=O) groups excluding carboxylic acids is 2. The van der Waals surface area contributed by atoms with E-state index < -0.39 is 0 Å². The van der Waals surface area contributed by atoms with Gasteiger partial charge in [-0.1, -0.05) is 43.3 Å². The summed E-state index contributed by atoms with van der Waals surface area (Å²) in [6, 6.07) is 16.2. The van der Waals surface area contributed by atoms with Crippen molar-refractivity contribution < 1.29 is 14.3 Å². The number of hydrogen-bond donors (Lipinski definition) is 0. The van der Waals surface area contributed by atoms with Gasteiger partial charge in [0.15, 0.2) is 0 Å². The topological polar surface area (TPSA) is 53.1 Å². The minimum Gasteiger partial charge on any atom is -0.493 e. The Kier molecular flexibility index (Phi) is 7.62. The number of carbonyl (C=O) groups is 2. The summed E-state index contributed by atoms with van der Waals surface area (Å²) in [6.45, 7) is 6.01. The zero-order valence-corrected chi connectivity index (χ0v) is 20.1. The Labute approximate surface area is 199 Å². The van der Waals surface area contributed by atoms with Gasteiger partial charge in [0.25, 0.3) is 5.91 Å². The molecule has 33 heavy (non-hydrogen) atoms. The fourth-order valence-electron chi connectivity index (χ4n) is 4.20. The van der Waals surface area contributed by atoms with Gasteiger partial charge in [-0.05, 0) is 41.8 Å². The summed E-state index contributed by atoms with van der Waals surface area (Å²) in [4.78, 5) is 32.0. The molecule has 2 amide bonds. The van der Waals surface area contributed by atoms with Gasteiger partial charge in [0.2, 0.25) is 5.91 Å². The van der Waals surface area contributed by atoms with Crippen molar-refractivity contribution in [2.75, 3.05) is 46.4 Å². The van der Waals surface area contributed by atoms with Crippen molar-refractivity contribution in [3.05, 3.63) is 64.4 Å². The number of benzene rings is 2. The van der Waals surface area contributed by atoms with Gasteiger partial charge >= 0.3 is 0 Å². The molecule has 0 N–H and O–H groups in total. The summed E-state index contributed by atoms with van der Waals surface area (Å²) in [5, 5.41) is 4.24. The molecule has 0 saturated carbocycles. The monoisotopic (exact) mass is 465 g/mol. The fraction of sp³-hybridized carbons (Fsp3) is 0.385. The predicted octanol–water partition coefficient (Wildman–Crippen LogP) is 4.11. The summed E-state index contributed by atoms with van der Waals surface area (Å²) in [5.74, 6) is 1.04. The van der Waals surface area contributed by atoms with Crippen LogP contribution in [0.5, 0.6) is 5.75 Å². The molecule has 1 saturated heterocycles. The molecule has 4 rings (SSSR count). The molecule has 6 nitrogen and oxygen atoms in total. The zero-order valence-electron chi connectivity index (χ0n) is 19.3. The maximum Gasteiger partial charge on any atom is 0.264 e. The SMILES string of the molecule is CCCOc1ccc2ccccc2c1CN(C)CC(=O)N1CCN(C(=O)c2cccs2)CC1. The molecule has 0 spiro atoms. The third-order valence-corrected chi connectivity index (χ3v) is 6.80.